The maximum atomic E-state index is 13.1. The Balaban J connectivity index is 1.39. The number of hydrogen-bond donors (Lipinski definition) is 2. The molecule has 34 heavy (non-hydrogen) atoms. The van der Waals surface area contributed by atoms with Gasteiger partial charge in [-0.05, 0) is 81.0 Å². The van der Waals surface area contributed by atoms with Crippen LogP contribution in [0.4, 0.5) is 5.69 Å². The first-order valence-corrected chi connectivity index (χ1v) is 11.6. The maximum Gasteiger partial charge on any atom is 0.276 e. The molecule has 0 aliphatic carbocycles. The second-order valence-corrected chi connectivity index (χ2v) is 9.17. The van der Waals surface area contributed by atoms with E-state index in [1.807, 2.05) is 50.8 Å². The van der Waals surface area contributed by atoms with Crippen LogP contribution in [0, 0.1) is 0 Å². The van der Waals surface area contributed by atoms with Crippen molar-refractivity contribution in [2.24, 2.45) is 0 Å². The van der Waals surface area contributed by atoms with Gasteiger partial charge in [-0.15, -0.1) is 0 Å². The Morgan fingerprint density at radius 3 is 2.62 bits per heavy atom. The highest BCUT2D eigenvalue weighted by molar-refractivity contribution is 6.11. The van der Waals surface area contributed by atoms with E-state index < -0.39 is 0 Å². The number of pyridine rings is 2. The van der Waals surface area contributed by atoms with Gasteiger partial charge in [0, 0.05) is 42.6 Å². The van der Waals surface area contributed by atoms with Crippen LogP contribution < -0.4 is 5.32 Å². The first-order valence-electron chi connectivity index (χ1n) is 11.6. The van der Waals surface area contributed by atoms with Crippen molar-refractivity contribution in [2.45, 2.75) is 25.9 Å². The first-order chi connectivity index (χ1) is 16.5. The number of aromatic amines is 1. The van der Waals surface area contributed by atoms with E-state index in [4.69, 9.17) is 0 Å². The van der Waals surface area contributed by atoms with Gasteiger partial charge in [0.25, 0.3) is 5.91 Å². The molecular formula is C26H29N7O. The Morgan fingerprint density at radius 1 is 1.00 bits per heavy atom. The molecule has 4 heterocycles. The van der Waals surface area contributed by atoms with Gasteiger partial charge in [0.2, 0.25) is 0 Å². The van der Waals surface area contributed by atoms with E-state index in [0.717, 1.165) is 53.8 Å². The number of hydrogen-bond acceptors (Lipinski definition) is 6. The zero-order valence-corrected chi connectivity index (χ0v) is 19.6. The standard InChI is InChI=1S/C26H29N7O/c1-32(2)16-19-10-22(15-28-13-19)29-26(34)25-23-11-20(5-6-24(23)30-31-25)21-9-18(12-27-14-21)17-33-7-3-4-8-33/h5-6,9-15H,3-4,7-8,16-17H2,1-2H3,(H,29,34)(H,30,31). The van der Waals surface area contributed by atoms with Crippen LogP contribution in [0.2, 0.25) is 0 Å². The summed E-state index contributed by atoms with van der Waals surface area (Å²) in [5.74, 6) is -0.270. The molecule has 8 heteroatoms. The van der Waals surface area contributed by atoms with Crippen LogP contribution in [0.15, 0.2) is 55.1 Å². The van der Waals surface area contributed by atoms with E-state index in [0.29, 0.717) is 11.4 Å². The number of nitrogens with zero attached hydrogens (tertiary/aromatic N) is 5. The Hall–Kier alpha value is -3.62. The Morgan fingerprint density at radius 2 is 1.79 bits per heavy atom. The van der Waals surface area contributed by atoms with Gasteiger partial charge in [0.05, 0.1) is 17.4 Å². The molecule has 1 aliphatic rings. The number of H-pyrrole nitrogens is 1. The predicted molar refractivity (Wildman–Crippen MR) is 133 cm³/mol. The average Bonchev–Trinajstić information content (AvgIpc) is 3.48. The molecule has 0 radical (unpaired) electrons. The molecule has 4 aromatic rings. The molecule has 8 nitrogen and oxygen atoms in total. The van der Waals surface area contributed by atoms with Crippen LogP contribution in [0.3, 0.4) is 0 Å². The number of anilines is 1. The molecule has 0 saturated carbocycles. The molecular weight excluding hydrogens is 426 g/mol. The lowest BCUT2D eigenvalue weighted by atomic mass is 10.0. The van der Waals surface area contributed by atoms with Gasteiger partial charge in [0.1, 0.15) is 0 Å². The second-order valence-electron chi connectivity index (χ2n) is 9.17. The fraction of sp³-hybridized carbons (Fsp3) is 0.308. The molecule has 2 N–H and O–H groups in total. The van der Waals surface area contributed by atoms with Crippen molar-refractivity contribution >= 4 is 22.5 Å². The van der Waals surface area contributed by atoms with Crippen molar-refractivity contribution < 1.29 is 4.79 Å². The molecule has 0 bridgehead atoms. The normalized spacial score (nSPS) is 14.2. The number of fused-ring (bicyclic) bond motifs is 1. The second kappa shape index (κ2) is 9.70. The zero-order valence-electron chi connectivity index (χ0n) is 19.6. The molecule has 1 saturated heterocycles. The van der Waals surface area contributed by atoms with Gasteiger partial charge < -0.3 is 10.2 Å². The summed E-state index contributed by atoms with van der Waals surface area (Å²) in [5.41, 5.74) is 6.09. The molecule has 1 fully saturated rings. The van der Waals surface area contributed by atoms with Crippen molar-refractivity contribution in [2.75, 3.05) is 32.5 Å². The summed E-state index contributed by atoms with van der Waals surface area (Å²) in [5, 5.41) is 11.0. The van der Waals surface area contributed by atoms with Crippen molar-refractivity contribution in [3.05, 3.63) is 71.9 Å². The topological polar surface area (TPSA) is 90.0 Å². The molecule has 0 atom stereocenters. The van der Waals surface area contributed by atoms with E-state index in [1.54, 1.807) is 12.4 Å². The number of nitrogens with one attached hydrogen (secondary N) is 2. The number of aromatic nitrogens is 4. The molecule has 0 spiro atoms. The number of amides is 1. The predicted octanol–water partition coefficient (Wildman–Crippen LogP) is 3.93. The largest absolute Gasteiger partial charge is 0.319 e. The van der Waals surface area contributed by atoms with Crippen LogP contribution >= 0.6 is 0 Å². The average molecular weight is 456 g/mol. The van der Waals surface area contributed by atoms with Crippen molar-refractivity contribution in [3.63, 3.8) is 0 Å². The molecule has 1 amide bonds. The van der Waals surface area contributed by atoms with Gasteiger partial charge in [-0.2, -0.15) is 5.10 Å². The number of carbonyl (C=O) groups excluding carboxylic acids is 1. The molecule has 5 rings (SSSR count). The quantitative estimate of drug-likeness (QED) is 0.439. The SMILES string of the molecule is CN(C)Cc1cncc(NC(=O)c2n[nH]c3ccc(-c4cncc(CN5CCCC5)c4)cc23)c1. The molecule has 0 unspecified atom stereocenters. The summed E-state index contributed by atoms with van der Waals surface area (Å²) in [6, 6.07) is 10.1. The lowest BCUT2D eigenvalue weighted by Gasteiger charge is -2.14. The highest BCUT2D eigenvalue weighted by Crippen LogP contribution is 2.27. The lowest BCUT2D eigenvalue weighted by molar-refractivity contribution is 0.102. The fourth-order valence-corrected chi connectivity index (χ4v) is 4.50. The van der Waals surface area contributed by atoms with Gasteiger partial charge >= 0.3 is 0 Å². The van der Waals surface area contributed by atoms with Gasteiger partial charge in [0.15, 0.2) is 5.69 Å². The van der Waals surface area contributed by atoms with Gasteiger partial charge in [-0.3, -0.25) is 24.8 Å². The van der Waals surface area contributed by atoms with E-state index in [1.165, 1.54) is 18.4 Å². The number of rotatable bonds is 7. The fourth-order valence-electron chi connectivity index (χ4n) is 4.50. The van der Waals surface area contributed by atoms with E-state index in [-0.39, 0.29) is 5.91 Å². The highest BCUT2D eigenvalue weighted by atomic mass is 16.1. The summed E-state index contributed by atoms with van der Waals surface area (Å²) < 4.78 is 0. The Labute approximate surface area is 199 Å². The third-order valence-electron chi connectivity index (χ3n) is 6.06. The van der Waals surface area contributed by atoms with Gasteiger partial charge in [-0.1, -0.05) is 6.07 Å². The third kappa shape index (κ3) is 4.98. The van der Waals surface area contributed by atoms with Crippen LogP contribution in [0.1, 0.15) is 34.5 Å². The number of likely N-dealkylation sites (tertiary alicyclic amines) is 1. The highest BCUT2D eigenvalue weighted by Gasteiger charge is 2.17. The Bertz CT molecular complexity index is 1310. The van der Waals surface area contributed by atoms with E-state index in [2.05, 4.69) is 41.3 Å². The lowest BCUT2D eigenvalue weighted by Crippen LogP contribution is -2.18. The minimum absolute atomic E-state index is 0.270. The van der Waals surface area contributed by atoms with Crippen molar-refractivity contribution in [1.29, 1.82) is 0 Å². The molecule has 3 aromatic heterocycles. The zero-order chi connectivity index (χ0) is 23.5. The molecule has 1 aliphatic heterocycles. The maximum absolute atomic E-state index is 13.1. The summed E-state index contributed by atoms with van der Waals surface area (Å²) in [7, 11) is 3.99. The summed E-state index contributed by atoms with van der Waals surface area (Å²) >= 11 is 0. The van der Waals surface area contributed by atoms with Crippen molar-refractivity contribution in [3.8, 4) is 11.1 Å². The van der Waals surface area contributed by atoms with Gasteiger partial charge in [-0.25, -0.2) is 0 Å². The van der Waals surface area contributed by atoms with Crippen LogP contribution in [0.5, 0.6) is 0 Å². The van der Waals surface area contributed by atoms with Crippen LogP contribution in [0.25, 0.3) is 22.0 Å². The monoisotopic (exact) mass is 455 g/mol. The summed E-state index contributed by atoms with van der Waals surface area (Å²) in [6.45, 7) is 3.97. The third-order valence-corrected chi connectivity index (χ3v) is 6.06. The Kier molecular flexibility index (Phi) is 6.33. The summed E-state index contributed by atoms with van der Waals surface area (Å²) in [4.78, 5) is 26.3. The van der Waals surface area contributed by atoms with E-state index >= 15 is 0 Å². The minimum atomic E-state index is -0.270. The number of benzene rings is 1. The minimum Gasteiger partial charge on any atom is -0.319 e. The molecule has 174 valence electrons. The molecule has 1 aromatic carbocycles. The van der Waals surface area contributed by atoms with Crippen LogP contribution in [-0.2, 0) is 13.1 Å². The first kappa shape index (κ1) is 22.2. The number of carbonyl (C=O) groups is 1. The van der Waals surface area contributed by atoms with E-state index in [9.17, 15) is 4.79 Å². The van der Waals surface area contributed by atoms with Crippen LogP contribution in [-0.4, -0.2) is 63.1 Å². The smallest absolute Gasteiger partial charge is 0.276 e. The van der Waals surface area contributed by atoms with Crippen molar-refractivity contribution in [1.82, 2.24) is 30.0 Å². The summed E-state index contributed by atoms with van der Waals surface area (Å²) in [6.07, 6.45) is 9.80.